The highest BCUT2D eigenvalue weighted by molar-refractivity contribution is 5.49. The molecule has 0 aliphatic rings. The van der Waals surface area contributed by atoms with E-state index >= 15 is 0 Å². The molecule has 92 valence electrons. The summed E-state index contributed by atoms with van der Waals surface area (Å²) in [5.74, 6) is -1.57. The standard InChI is InChI=1S/C11H8F2N4O/c1-6-16-9(18-17-6)5-15-8-3-2-7(4-14)10(12)11(8)13/h2-3,15H,5H2,1H3. The molecule has 0 spiro atoms. The van der Waals surface area contributed by atoms with Crippen LogP contribution in [0.2, 0.25) is 0 Å². The second-order valence-corrected chi connectivity index (χ2v) is 3.49. The molecule has 0 aliphatic heterocycles. The van der Waals surface area contributed by atoms with E-state index in [1.54, 1.807) is 13.0 Å². The molecule has 7 heteroatoms. The third kappa shape index (κ3) is 2.27. The molecule has 0 fully saturated rings. The molecule has 0 saturated carbocycles. The average molecular weight is 250 g/mol. The van der Waals surface area contributed by atoms with Gasteiger partial charge in [-0.3, -0.25) is 0 Å². The third-order valence-corrected chi connectivity index (χ3v) is 2.20. The third-order valence-electron chi connectivity index (χ3n) is 2.20. The molecule has 1 N–H and O–H groups in total. The predicted molar refractivity (Wildman–Crippen MR) is 57.4 cm³/mol. The zero-order valence-electron chi connectivity index (χ0n) is 9.37. The highest BCUT2D eigenvalue weighted by atomic mass is 19.2. The van der Waals surface area contributed by atoms with Crippen molar-refractivity contribution in [1.82, 2.24) is 10.1 Å². The fourth-order valence-electron chi connectivity index (χ4n) is 1.36. The summed E-state index contributed by atoms with van der Waals surface area (Å²) in [6.45, 7) is 1.72. The van der Waals surface area contributed by atoms with Gasteiger partial charge >= 0.3 is 0 Å². The summed E-state index contributed by atoms with van der Waals surface area (Å²) in [5, 5.41) is 14.7. The Balaban J connectivity index is 2.15. The Morgan fingerprint density at radius 1 is 1.39 bits per heavy atom. The number of halogens is 2. The highest BCUT2D eigenvalue weighted by Gasteiger charge is 2.13. The van der Waals surface area contributed by atoms with E-state index in [-0.39, 0.29) is 23.7 Å². The van der Waals surface area contributed by atoms with Gasteiger partial charge < -0.3 is 9.84 Å². The van der Waals surface area contributed by atoms with Gasteiger partial charge in [0.2, 0.25) is 5.89 Å². The lowest BCUT2D eigenvalue weighted by Crippen LogP contribution is -2.04. The maximum atomic E-state index is 13.5. The maximum absolute atomic E-state index is 13.5. The van der Waals surface area contributed by atoms with Crippen LogP contribution in [0.25, 0.3) is 0 Å². The van der Waals surface area contributed by atoms with Crippen LogP contribution in [0.1, 0.15) is 17.3 Å². The highest BCUT2D eigenvalue weighted by Crippen LogP contribution is 2.20. The normalized spacial score (nSPS) is 10.1. The van der Waals surface area contributed by atoms with Crippen molar-refractivity contribution in [2.24, 2.45) is 0 Å². The molecular formula is C11H8F2N4O. The van der Waals surface area contributed by atoms with Gasteiger partial charge in [0, 0.05) is 0 Å². The van der Waals surface area contributed by atoms with E-state index in [2.05, 4.69) is 15.5 Å². The molecule has 18 heavy (non-hydrogen) atoms. The molecule has 0 unspecified atom stereocenters. The molecule has 2 aromatic rings. The van der Waals surface area contributed by atoms with Crippen LogP contribution in [-0.2, 0) is 6.54 Å². The number of hydrogen-bond acceptors (Lipinski definition) is 5. The Morgan fingerprint density at radius 3 is 2.78 bits per heavy atom. The van der Waals surface area contributed by atoms with Crippen LogP contribution in [0.15, 0.2) is 16.7 Å². The van der Waals surface area contributed by atoms with E-state index in [9.17, 15) is 8.78 Å². The summed E-state index contributed by atoms with van der Waals surface area (Å²) in [6.07, 6.45) is 0. The van der Waals surface area contributed by atoms with Crippen molar-refractivity contribution in [3.05, 3.63) is 41.0 Å². The van der Waals surface area contributed by atoms with E-state index < -0.39 is 11.6 Å². The van der Waals surface area contributed by atoms with Crippen LogP contribution >= 0.6 is 0 Å². The topological polar surface area (TPSA) is 74.7 Å². The zero-order chi connectivity index (χ0) is 13.1. The number of anilines is 1. The van der Waals surface area contributed by atoms with Crippen LogP contribution in [0.3, 0.4) is 0 Å². The quantitative estimate of drug-likeness (QED) is 0.903. The number of nitriles is 1. The summed E-state index contributed by atoms with van der Waals surface area (Å²) in [7, 11) is 0. The number of nitrogens with one attached hydrogen (secondary N) is 1. The molecule has 0 aliphatic carbocycles. The summed E-state index contributed by atoms with van der Waals surface area (Å²) < 4.78 is 31.6. The Labute approximate surface area is 101 Å². The second kappa shape index (κ2) is 4.79. The van der Waals surface area contributed by atoms with Crippen LogP contribution in [-0.4, -0.2) is 10.1 Å². The predicted octanol–water partition coefficient (Wildman–Crippen LogP) is 2.14. The largest absolute Gasteiger partial charge is 0.374 e. The molecule has 5 nitrogen and oxygen atoms in total. The molecule has 1 aromatic carbocycles. The number of rotatable bonds is 3. The van der Waals surface area contributed by atoms with Crippen molar-refractivity contribution in [2.75, 3.05) is 5.32 Å². The first-order valence-electron chi connectivity index (χ1n) is 5.03. The van der Waals surface area contributed by atoms with Crippen molar-refractivity contribution >= 4 is 5.69 Å². The van der Waals surface area contributed by atoms with Crippen molar-refractivity contribution in [3.63, 3.8) is 0 Å². The number of aromatic nitrogens is 2. The summed E-state index contributed by atoms with van der Waals surface area (Å²) in [5.41, 5.74) is -0.408. The minimum atomic E-state index is -1.18. The van der Waals surface area contributed by atoms with Gasteiger partial charge in [-0.25, -0.2) is 8.78 Å². The van der Waals surface area contributed by atoms with Gasteiger partial charge in [-0.05, 0) is 19.1 Å². The average Bonchev–Trinajstić information content (AvgIpc) is 2.77. The van der Waals surface area contributed by atoms with Gasteiger partial charge in [-0.15, -0.1) is 0 Å². The van der Waals surface area contributed by atoms with Gasteiger partial charge in [-0.1, -0.05) is 5.16 Å². The van der Waals surface area contributed by atoms with Crippen LogP contribution < -0.4 is 5.32 Å². The van der Waals surface area contributed by atoms with Crippen molar-refractivity contribution in [3.8, 4) is 6.07 Å². The smallest absolute Gasteiger partial charge is 0.245 e. The van der Waals surface area contributed by atoms with E-state index in [1.165, 1.54) is 12.1 Å². The van der Waals surface area contributed by atoms with Crippen LogP contribution in [0, 0.1) is 29.9 Å². The molecule has 1 heterocycles. The molecule has 0 saturated heterocycles. The molecule has 0 atom stereocenters. The lowest BCUT2D eigenvalue weighted by molar-refractivity contribution is 0.379. The van der Waals surface area contributed by atoms with E-state index in [4.69, 9.17) is 9.78 Å². The molecule has 0 bridgehead atoms. The minimum absolute atomic E-state index is 0.0673. The fourth-order valence-corrected chi connectivity index (χ4v) is 1.36. The van der Waals surface area contributed by atoms with Crippen LogP contribution in [0.5, 0.6) is 0 Å². The number of benzene rings is 1. The summed E-state index contributed by atoms with van der Waals surface area (Å²) in [6, 6.07) is 4.03. The lowest BCUT2D eigenvalue weighted by atomic mass is 10.2. The maximum Gasteiger partial charge on any atom is 0.245 e. The molecule has 1 aromatic heterocycles. The lowest BCUT2D eigenvalue weighted by Gasteiger charge is -2.06. The minimum Gasteiger partial charge on any atom is -0.374 e. The second-order valence-electron chi connectivity index (χ2n) is 3.49. The van der Waals surface area contributed by atoms with Gasteiger partial charge in [0.15, 0.2) is 17.5 Å². The van der Waals surface area contributed by atoms with Crippen molar-refractivity contribution in [2.45, 2.75) is 13.5 Å². The molecular weight excluding hydrogens is 242 g/mol. The van der Waals surface area contributed by atoms with E-state index in [1.807, 2.05) is 0 Å². The van der Waals surface area contributed by atoms with Gasteiger partial charge in [-0.2, -0.15) is 10.2 Å². The number of aryl methyl sites for hydroxylation is 1. The van der Waals surface area contributed by atoms with Gasteiger partial charge in [0.25, 0.3) is 0 Å². The monoisotopic (exact) mass is 250 g/mol. The first kappa shape index (κ1) is 12.0. The molecule has 2 rings (SSSR count). The Kier molecular flexibility index (Phi) is 3.19. The Bertz CT molecular complexity index is 618. The van der Waals surface area contributed by atoms with Crippen LogP contribution in [0.4, 0.5) is 14.5 Å². The number of nitrogens with zero attached hydrogens (tertiary/aromatic N) is 3. The fraction of sp³-hybridized carbons (Fsp3) is 0.182. The SMILES string of the molecule is Cc1noc(CNc2ccc(C#N)c(F)c2F)n1. The Hall–Kier alpha value is -2.49. The first-order chi connectivity index (χ1) is 8.61. The van der Waals surface area contributed by atoms with Gasteiger partial charge in [0.05, 0.1) is 17.8 Å². The Morgan fingerprint density at radius 2 is 2.17 bits per heavy atom. The molecule has 0 radical (unpaired) electrons. The van der Waals surface area contributed by atoms with Crippen molar-refractivity contribution < 1.29 is 13.3 Å². The first-order valence-corrected chi connectivity index (χ1v) is 5.03. The van der Waals surface area contributed by atoms with Crippen molar-refractivity contribution in [1.29, 1.82) is 5.26 Å². The number of hydrogen-bond donors (Lipinski definition) is 1. The van der Waals surface area contributed by atoms with Gasteiger partial charge in [0.1, 0.15) is 6.07 Å². The zero-order valence-corrected chi connectivity index (χ0v) is 9.37. The van der Waals surface area contributed by atoms with E-state index in [0.29, 0.717) is 5.82 Å². The molecule has 0 amide bonds. The summed E-state index contributed by atoms with van der Waals surface area (Å²) >= 11 is 0. The van der Waals surface area contributed by atoms with E-state index in [0.717, 1.165) is 0 Å². The summed E-state index contributed by atoms with van der Waals surface area (Å²) in [4.78, 5) is 3.90.